The van der Waals surface area contributed by atoms with Crippen LogP contribution in [0, 0.1) is 11.3 Å². The first kappa shape index (κ1) is 10.8. The van der Waals surface area contributed by atoms with Crippen molar-refractivity contribution in [3.05, 3.63) is 37.0 Å². The van der Waals surface area contributed by atoms with Gasteiger partial charge in [-0.1, -0.05) is 24.8 Å². The fourth-order valence-electron chi connectivity index (χ4n) is 1.65. The maximum atomic E-state index is 8.52. The molecular weight excluding hydrogens is 216 g/mol. The molecular formula is C13H12N2S. The number of fused-ring (bicyclic) bond motifs is 1. The highest BCUT2D eigenvalue weighted by Crippen LogP contribution is 2.30. The first-order valence-corrected chi connectivity index (χ1v) is 6.07. The highest BCUT2D eigenvalue weighted by atomic mass is 32.2. The molecule has 80 valence electrons. The fourth-order valence-corrected chi connectivity index (χ4v) is 2.57. The van der Waals surface area contributed by atoms with Gasteiger partial charge >= 0.3 is 0 Å². The predicted molar refractivity (Wildman–Crippen MR) is 69.3 cm³/mol. The highest BCUT2D eigenvalue weighted by molar-refractivity contribution is 7.99. The van der Waals surface area contributed by atoms with Crippen molar-refractivity contribution in [2.75, 3.05) is 5.75 Å². The fraction of sp³-hybridized carbons (Fsp3) is 0.154. The van der Waals surface area contributed by atoms with Crippen LogP contribution in [-0.2, 0) is 0 Å². The van der Waals surface area contributed by atoms with Crippen molar-refractivity contribution >= 4 is 28.9 Å². The van der Waals surface area contributed by atoms with Gasteiger partial charge in [0.25, 0.3) is 0 Å². The molecule has 0 radical (unpaired) electrons. The minimum absolute atomic E-state index is 0.582. The summed E-state index contributed by atoms with van der Waals surface area (Å²) < 4.78 is 2.02. The predicted octanol–water partition coefficient (Wildman–Crippen LogP) is 3.75. The zero-order valence-electron chi connectivity index (χ0n) is 8.89. The summed E-state index contributed by atoms with van der Waals surface area (Å²) in [5.74, 6) is 0.835. The Balaban J connectivity index is 2.38. The van der Waals surface area contributed by atoms with E-state index in [0.29, 0.717) is 6.42 Å². The molecule has 1 heterocycles. The summed E-state index contributed by atoms with van der Waals surface area (Å²) in [5.41, 5.74) is 1.16. The van der Waals surface area contributed by atoms with Crippen molar-refractivity contribution in [1.29, 1.82) is 5.26 Å². The topological polar surface area (TPSA) is 28.7 Å². The Morgan fingerprint density at radius 3 is 3.00 bits per heavy atom. The Hall–Kier alpha value is -1.66. The second-order valence-corrected chi connectivity index (χ2v) is 4.49. The summed E-state index contributed by atoms with van der Waals surface area (Å²) in [5, 5.41) is 9.75. The van der Waals surface area contributed by atoms with E-state index in [1.54, 1.807) is 18.0 Å². The van der Waals surface area contributed by atoms with E-state index in [-0.39, 0.29) is 0 Å². The summed E-state index contributed by atoms with van der Waals surface area (Å²) in [7, 11) is 0. The van der Waals surface area contributed by atoms with Crippen LogP contribution < -0.4 is 0 Å². The normalized spacial score (nSPS) is 10.2. The standard InChI is InChI=1S/C13H12N2S/c1-2-15-10-13(16-9-5-8-14)11-6-3-4-7-12(11)15/h2-4,6-7,10H,1,5,9H2. The van der Waals surface area contributed by atoms with Crippen LogP contribution in [0.15, 0.2) is 41.9 Å². The van der Waals surface area contributed by atoms with Gasteiger partial charge in [-0.2, -0.15) is 5.26 Å². The van der Waals surface area contributed by atoms with Gasteiger partial charge in [-0.25, -0.2) is 0 Å². The first-order chi connectivity index (χ1) is 7.86. The number of para-hydroxylation sites is 1. The molecule has 0 saturated heterocycles. The van der Waals surface area contributed by atoms with E-state index in [2.05, 4.69) is 31.0 Å². The Labute approximate surface area is 99.2 Å². The van der Waals surface area contributed by atoms with E-state index in [4.69, 9.17) is 5.26 Å². The second kappa shape index (κ2) is 4.91. The summed E-state index contributed by atoms with van der Waals surface area (Å²) in [6.07, 6.45) is 4.45. The van der Waals surface area contributed by atoms with Gasteiger partial charge in [0.1, 0.15) is 0 Å². The van der Waals surface area contributed by atoms with E-state index in [0.717, 1.165) is 11.3 Å². The Morgan fingerprint density at radius 2 is 2.25 bits per heavy atom. The summed E-state index contributed by atoms with van der Waals surface area (Å²) in [4.78, 5) is 1.21. The van der Waals surface area contributed by atoms with Gasteiger partial charge in [0, 0.05) is 34.9 Å². The van der Waals surface area contributed by atoms with E-state index in [1.807, 2.05) is 16.7 Å². The lowest BCUT2D eigenvalue weighted by Gasteiger charge is -1.95. The van der Waals surface area contributed by atoms with Crippen molar-refractivity contribution in [3.8, 4) is 6.07 Å². The van der Waals surface area contributed by atoms with Crippen molar-refractivity contribution in [1.82, 2.24) is 4.57 Å². The number of thioether (sulfide) groups is 1. The van der Waals surface area contributed by atoms with Crippen LogP contribution >= 0.6 is 11.8 Å². The molecule has 0 aliphatic carbocycles. The number of aromatic nitrogens is 1. The third kappa shape index (κ3) is 1.98. The van der Waals surface area contributed by atoms with Gasteiger partial charge < -0.3 is 4.57 Å². The van der Waals surface area contributed by atoms with Crippen LogP contribution in [0.25, 0.3) is 17.1 Å². The minimum Gasteiger partial charge on any atom is -0.323 e. The second-order valence-electron chi connectivity index (χ2n) is 3.36. The lowest BCUT2D eigenvalue weighted by Crippen LogP contribution is -1.79. The number of hydrogen-bond acceptors (Lipinski definition) is 2. The molecule has 0 spiro atoms. The molecule has 16 heavy (non-hydrogen) atoms. The van der Waals surface area contributed by atoms with Gasteiger partial charge in [0.2, 0.25) is 0 Å². The van der Waals surface area contributed by atoms with E-state index in [1.165, 1.54) is 10.3 Å². The monoisotopic (exact) mass is 228 g/mol. The molecule has 2 rings (SSSR count). The van der Waals surface area contributed by atoms with Gasteiger partial charge in [-0.15, -0.1) is 11.8 Å². The van der Waals surface area contributed by atoms with Crippen molar-refractivity contribution in [2.24, 2.45) is 0 Å². The minimum atomic E-state index is 0.582. The van der Waals surface area contributed by atoms with Crippen LogP contribution in [0.5, 0.6) is 0 Å². The average molecular weight is 228 g/mol. The molecule has 0 N–H and O–H groups in total. The molecule has 0 aliphatic rings. The SMILES string of the molecule is C=Cn1cc(SCCC#N)c2ccccc21. The number of nitrogens with zero attached hydrogens (tertiary/aromatic N) is 2. The smallest absolute Gasteiger partial charge is 0.0630 e. The molecule has 0 unspecified atom stereocenters. The molecule has 2 aromatic rings. The van der Waals surface area contributed by atoms with Crippen LogP contribution in [0.2, 0.25) is 0 Å². The zero-order chi connectivity index (χ0) is 11.4. The van der Waals surface area contributed by atoms with Gasteiger partial charge in [-0.05, 0) is 6.07 Å². The molecule has 2 nitrogen and oxygen atoms in total. The van der Waals surface area contributed by atoms with Crippen LogP contribution in [0.3, 0.4) is 0 Å². The first-order valence-electron chi connectivity index (χ1n) is 5.08. The summed E-state index contributed by atoms with van der Waals surface area (Å²) in [6.45, 7) is 3.79. The molecule has 0 bridgehead atoms. The van der Waals surface area contributed by atoms with Crippen molar-refractivity contribution < 1.29 is 0 Å². The molecule has 0 atom stereocenters. The number of rotatable bonds is 4. The molecule has 0 saturated carbocycles. The quantitative estimate of drug-likeness (QED) is 0.589. The molecule has 3 heteroatoms. The Kier molecular flexibility index (Phi) is 3.33. The van der Waals surface area contributed by atoms with E-state index in [9.17, 15) is 0 Å². The van der Waals surface area contributed by atoms with Gasteiger partial charge in [-0.3, -0.25) is 0 Å². The molecule has 0 fully saturated rings. The lowest BCUT2D eigenvalue weighted by molar-refractivity contribution is 1.20. The number of nitriles is 1. The summed E-state index contributed by atoms with van der Waals surface area (Å²) >= 11 is 1.72. The molecule has 1 aromatic heterocycles. The van der Waals surface area contributed by atoms with Crippen LogP contribution in [-0.4, -0.2) is 10.3 Å². The Morgan fingerprint density at radius 1 is 1.44 bits per heavy atom. The van der Waals surface area contributed by atoms with Crippen LogP contribution in [0.1, 0.15) is 6.42 Å². The zero-order valence-corrected chi connectivity index (χ0v) is 9.70. The Bertz CT molecular complexity index is 549. The number of benzene rings is 1. The maximum Gasteiger partial charge on any atom is 0.0630 e. The summed E-state index contributed by atoms with van der Waals surface area (Å²) in [6, 6.07) is 10.4. The largest absolute Gasteiger partial charge is 0.323 e. The van der Waals surface area contributed by atoms with Gasteiger partial charge in [0.05, 0.1) is 11.6 Å². The molecule has 1 aromatic carbocycles. The third-order valence-corrected chi connectivity index (χ3v) is 3.42. The van der Waals surface area contributed by atoms with E-state index < -0.39 is 0 Å². The van der Waals surface area contributed by atoms with Crippen molar-refractivity contribution in [3.63, 3.8) is 0 Å². The third-order valence-electron chi connectivity index (χ3n) is 2.37. The molecule has 0 amide bonds. The van der Waals surface area contributed by atoms with E-state index >= 15 is 0 Å². The van der Waals surface area contributed by atoms with Crippen molar-refractivity contribution in [2.45, 2.75) is 11.3 Å². The highest BCUT2D eigenvalue weighted by Gasteiger charge is 2.06. The number of hydrogen-bond donors (Lipinski definition) is 0. The average Bonchev–Trinajstić information content (AvgIpc) is 2.68. The van der Waals surface area contributed by atoms with Gasteiger partial charge in [0.15, 0.2) is 0 Å². The maximum absolute atomic E-state index is 8.52. The molecule has 0 aliphatic heterocycles. The van der Waals surface area contributed by atoms with Crippen LogP contribution in [0.4, 0.5) is 0 Å². The lowest BCUT2D eigenvalue weighted by atomic mass is 10.2.